The second kappa shape index (κ2) is 7.59. The van der Waals surface area contributed by atoms with Gasteiger partial charge in [-0.15, -0.1) is 0 Å². The lowest BCUT2D eigenvalue weighted by Crippen LogP contribution is -2.57. The van der Waals surface area contributed by atoms with Crippen molar-refractivity contribution in [2.24, 2.45) is 0 Å². The zero-order valence-electron chi connectivity index (χ0n) is 14.2. The van der Waals surface area contributed by atoms with Gasteiger partial charge in [-0.2, -0.15) is 0 Å². The minimum absolute atomic E-state index is 0.110. The Bertz CT molecular complexity index is 542. The molecule has 1 aromatic carbocycles. The van der Waals surface area contributed by atoms with Gasteiger partial charge < -0.3 is 10.1 Å². The van der Waals surface area contributed by atoms with Gasteiger partial charge in [0, 0.05) is 13.1 Å². The molecule has 1 fully saturated rings. The number of likely N-dealkylation sites (N-methyl/N-ethyl adjacent to an activating group) is 1. The first-order valence-corrected chi connectivity index (χ1v) is 8.19. The van der Waals surface area contributed by atoms with Crippen LogP contribution in [0.15, 0.2) is 30.3 Å². The molecule has 1 atom stereocenters. The third kappa shape index (κ3) is 5.06. The van der Waals surface area contributed by atoms with E-state index in [4.69, 9.17) is 4.74 Å². The smallest absolute Gasteiger partial charge is 0.324 e. The van der Waals surface area contributed by atoms with Crippen LogP contribution in [-0.4, -0.2) is 48.1 Å². The van der Waals surface area contributed by atoms with Crippen LogP contribution in [-0.2, 0) is 20.7 Å². The van der Waals surface area contributed by atoms with E-state index in [9.17, 15) is 9.59 Å². The van der Waals surface area contributed by atoms with Crippen LogP contribution in [0.4, 0.5) is 0 Å². The number of nitrogens with zero attached hydrogens (tertiary/aromatic N) is 1. The highest BCUT2D eigenvalue weighted by Gasteiger charge is 2.40. The number of ether oxygens (including phenoxy) is 1. The van der Waals surface area contributed by atoms with Crippen LogP contribution in [0.5, 0.6) is 0 Å². The van der Waals surface area contributed by atoms with E-state index in [1.807, 2.05) is 56.0 Å². The fourth-order valence-corrected chi connectivity index (χ4v) is 2.90. The van der Waals surface area contributed by atoms with E-state index in [2.05, 4.69) is 5.32 Å². The predicted octanol–water partition coefficient (Wildman–Crippen LogP) is 1.76. The van der Waals surface area contributed by atoms with E-state index in [0.717, 1.165) is 13.0 Å². The van der Waals surface area contributed by atoms with Crippen LogP contribution in [0, 0.1) is 0 Å². The predicted molar refractivity (Wildman–Crippen MR) is 89.0 cm³/mol. The Hall–Kier alpha value is -1.88. The molecule has 0 aliphatic carbocycles. The summed E-state index contributed by atoms with van der Waals surface area (Å²) in [5, 5.41) is 2.89. The molecule has 1 heterocycles. The molecule has 0 spiro atoms. The van der Waals surface area contributed by atoms with Gasteiger partial charge in [-0.3, -0.25) is 14.5 Å². The molecule has 23 heavy (non-hydrogen) atoms. The number of amides is 1. The Morgan fingerprint density at radius 2 is 2.04 bits per heavy atom. The highest BCUT2D eigenvalue weighted by atomic mass is 16.6. The van der Waals surface area contributed by atoms with Gasteiger partial charge in [-0.1, -0.05) is 37.3 Å². The van der Waals surface area contributed by atoms with Gasteiger partial charge in [0.25, 0.3) is 0 Å². The van der Waals surface area contributed by atoms with Crippen LogP contribution < -0.4 is 5.32 Å². The zero-order valence-corrected chi connectivity index (χ0v) is 14.2. The summed E-state index contributed by atoms with van der Waals surface area (Å²) in [5.74, 6) is -0.414. The molecule has 0 aromatic heterocycles. The Labute approximate surface area is 138 Å². The van der Waals surface area contributed by atoms with Crippen LogP contribution in [0.25, 0.3) is 0 Å². The summed E-state index contributed by atoms with van der Waals surface area (Å²) in [7, 11) is 0. The SMILES string of the molecule is CCN1CC(C)(C)OC(=O)C1CC(=O)NCCc1ccccc1. The topological polar surface area (TPSA) is 58.6 Å². The van der Waals surface area contributed by atoms with Crippen LogP contribution in [0.3, 0.4) is 0 Å². The molecule has 2 rings (SSSR count). The van der Waals surface area contributed by atoms with Crippen molar-refractivity contribution >= 4 is 11.9 Å². The van der Waals surface area contributed by atoms with Gasteiger partial charge in [0.05, 0.1) is 6.42 Å². The molecular weight excluding hydrogens is 292 g/mol. The minimum Gasteiger partial charge on any atom is -0.457 e. The van der Waals surface area contributed by atoms with Crippen molar-refractivity contribution < 1.29 is 14.3 Å². The summed E-state index contributed by atoms with van der Waals surface area (Å²) in [5.41, 5.74) is 0.690. The number of rotatable bonds is 6. The minimum atomic E-state index is -0.493. The third-order valence-corrected chi connectivity index (χ3v) is 4.04. The standard InChI is InChI=1S/C18H26N2O3/c1-4-20-13-18(2,3)23-17(22)15(20)12-16(21)19-11-10-14-8-6-5-7-9-14/h5-9,15H,4,10-13H2,1-3H3,(H,19,21). The number of carbonyl (C=O) groups excluding carboxylic acids is 2. The number of hydrogen-bond donors (Lipinski definition) is 1. The third-order valence-electron chi connectivity index (χ3n) is 4.04. The van der Waals surface area contributed by atoms with Gasteiger partial charge >= 0.3 is 5.97 Å². The van der Waals surface area contributed by atoms with E-state index in [0.29, 0.717) is 13.1 Å². The first-order valence-electron chi connectivity index (χ1n) is 8.19. The van der Waals surface area contributed by atoms with Crippen molar-refractivity contribution in [2.75, 3.05) is 19.6 Å². The number of esters is 1. The number of benzene rings is 1. The summed E-state index contributed by atoms with van der Waals surface area (Å²) >= 11 is 0. The average Bonchev–Trinajstić information content (AvgIpc) is 2.50. The fourth-order valence-electron chi connectivity index (χ4n) is 2.90. The normalized spacial score (nSPS) is 20.8. The van der Waals surface area contributed by atoms with Gasteiger partial charge in [0.1, 0.15) is 11.6 Å². The summed E-state index contributed by atoms with van der Waals surface area (Å²) in [6, 6.07) is 9.52. The van der Waals surface area contributed by atoms with Crippen LogP contribution >= 0.6 is 0 Å². The summed E-state index contributed by atoms with van der Waals surface area (Å²) < 4.78 is 5.43. The maximum absolute atomic E-state index is 12.2. The molecule has 0 radical (unpaired) electrons. The van der Waals surface area contributed by atoms with Crippen molar-refractivity contribution in [2.45, 2.75) is 45.3 Å². The molecule has 5 heteroatoms. The van der Waals surface area contributed by atoms with Crippen molar-refractivity contribution in [1.29, 1.82) is 0 Å². The number of nitrogens with one attached hydrogen (secondary N) is 1. The molecule has 126 valence electrons. The van der Waals surface area contributed by atoms with E-state index in [1.165, 1.54) is 5.56 Å². The lowest BCUT2D eigenvalue weighted by atomic mass is 10.0. The Balaban J connectivity index is 1.83. The van der Waals surface area contributed by atoms with E-state index in [-0.39, 0.29) is 18.3 Å². The van der Waals surface area contributed by atoms with Crippen molar-refractivity contribution in [3.63, 3.8) is 0 Å². The Morgan fingerprint density at radius 1 is 1.35 bits per heavy atom. The molecule has 1 aromatic rings. The maximum atomic E-state index is 12.2. The van der Waals surface area contributed by atoms with Crippen LogP contribution in [0.1, 0.15) is 32.8 Å². The zero-order chi connectivity index (χ0) is 16.9. The summed E-state index contributed by atoms with van der Waals surface area (Å²) in [6.07, 6.45) is 0.934. The second-order valence-electron chi connectivity index (χ2n) is 6.55. The second-order valence-corrected chi connectivity index (χ2v) is 6.55. The van der Waals surface area contributed by atoms with Crippen molar-refractivity contribution in [3.05, 3.63) is 35.9 Å². The molecule has 1 aliphatic heterocycles. The molecule has 1 unspecified atom stereocenters. The Morgan fingerprint density at radius 3 is 2.70 bits per heavy atom. The highest BCUT2D eigenvalue weighted by molar-refractivity contribution is 5.85. The average molecular weight is 318 g/mol. The van der Waals surface area contributed by atoms with Gasteiger partial charge in [-0.25, -0.2) is 0 Å². The summed E-state index contributed by atoms with van der Waals surface area (Å²) in [6.45, 7) is 7.72. The number of cyclic esters (lactones) is 1. The van der Waals surface area contributed by atoms with Crippen LogP contribution in [0.2, 0.25) is 0 Å². The molecule has 1 aliphatic rings. The monoisotopic (exact) mass is 318 g/mol. The molecule has 0 bridgehead atoms. The molecular formula is C18H26N2O3. The first kappa shape index (κ1) is 17.5. The maximum Gasteiger partial charge on any atom is 0.324 e. The lowest BCUT2D eigenvalue weighted by Gasteiger charge is -2.41. The molecule has 1 N–H and O–H groups in total. The number of hydrogen-bond acceptors (Lipinski definition) is 4. The molecule has 1 amide bonds. The number of morpholine rings is 1. The quantitative estimate of drug-likeness (QED) is 0.812. The van der Waals surface area contributed by atoms with E-state index >= 15 is 0 Å². The summed E-state index contributed by atoms with van der Waals surface area (Å²) in [4.78, 5) is 26.3. The van der Waals surface area contributed by atoms with Gasteiger partial charge in [-0.05, 0) is 32.4 Å². The van der Waals surface area contributed by atoms with Gasteiger partial charge in [0.2, 0.25) is 5.91 Å². The number of carbonyl (C=O) groups is 2. The first-order chi connectivity index (χ1) is 10.9. The highest BCUT2D eigenvalue weighted by Crippen LogP contribution is 2.23. The Kier molecular flexibility index (Phi) is 5.77. The van der Waals surface area contributed by atoms with Crippen molar-refractivity contribution in [3.8, 4) is 0 Å². The molecule has 0 saturated carbocycles. The van der Waals surface area contributed by atoms with Gasteiger partial charge in [0.15, 0.2) is 0 Å². The lowest BCUT2D eigenvalue weighted by molar-refractivity contribution is -0.178. The molecule has 1 saturated heterocycles. The van der Waals surface area contributed by atoms with E-state index < -0.39 is 11.6 Å². The largest absolute Gasteiger partial charge is 0.457 e. The van der Waals surface area contributed by atoms with Crippen molar-refractivity contribution in [1.82, 2.24) is 10.2 Å². The molecule has 5 nitrogen and oxygen atoms in total. The fraction of sp³-hybridized carbons (Fsp3) is 0.556. The van der Waals surface area contributed by atoms with E-state index in [1.54, 1.807) is 0 Å².